The van der Waals surface area contributed by atoms with Crippen molar-refractivity contribution in [1.82, 2.24) is 9.55 Å². The normalized spacial score (nSPS) is 10.7. The Kier molecular flexibility index (Phi) is 3.25. The Balaban J connectivity index is 2.80. The molecule has 13 heavy (non-hydrogen) atoms. The van der Waals surface area contributed by atoms with Gasteiger partial charge in [-0.3, -0.25) is 0 Å². The summed E-state index contributed by atoms with van der Waals surface area (Å²) >= 11 is 3.24. The molecule has 1 rings (SSSR count). The third kappa shape index (κ3) is 2.42. The van der Waals surface area contributed by atoms with Crippen molar-refractivity contribution in [2.45, 2.75) is 0 Å². The number of hydrogen-bond acceptors (Lipinski definition) is 3. The molecule has 1 aromatic heterocycles. The zero-order valence-electron chi connectivity index (χ0n) is 7.32. The number of esters is 1. The molecule has 1 aromatic rings. The van der Waals surface area contributed by atoms with Crippen molar-refractivity contribution in [2.24, 2.45) is 7.05 Å². The molecular formula is C8H9BrN2O2. The van der Waals surface area contributed by atoms with E-state index in [2.05, 4.69) is 25.7 Å². The minimum atomic E-state index is -0.377. The number of carbonyl (C=O) groups excluding carboxylic acids is 1. The molecule has 0 unspecified atom stereocenters. The van der Waals surface area contributed by atoms with E-state index in [-0.39, 0.29) is 5.97 Å². The number of methoxy groups -OCH3 is 1. The fourth-order valence-electron chi connectivity index (χ4n) is 0.775. The maximum Gasteiger partial charge on any atom is 0.330 e. The van der Waals surface area contributed by atoms with Crippen LogP contribution in [0.1, 0.15) is 5.69 Å². The highest BCUT2D eigenvalue weighted by atomic mass is 79.9. The quantitative estimate of drug-likeness (QED) is 0.583. The van der Waals surface area contributed by atoms with Crippen LogP contribution in [0, 0.1) is 0 Å². The predicted molar refractivity (Wildman–Crippen MR) is 52.0 cm³/mol. The zero-order valence-corrected chi connectivity index (χ0v) is 8.91. The topological polar surface area (TPSA) is 44.1 Å². The number of nitrogens with zero attached hydrogens (tertiary/aromatic N) is 2. The molecule has 0 N–H and O–H groups in total. The van der Waals surface area contributed by atoms with E-state index in [0.717, 1.165) is 10.4 Å². The van der Waals surface area contributed by atoms with Crippen LogP contribution in [0.3, 0.4) is 0 Å². The van der Waals surface area contributed by atoms with E-state index < -0.39 is 0 Å². The van der Waals surface area contributed by atoms with E-state index in [1.54, 1.807) is 16.8 Å². The molecule has 1 heterocycles. The maximum atomic E-state index is 10.8. The summed E-state index contributed by atoms with van der Waals surface area (Å²) in [7, 11) is 3.18. The second-order valence-electron chi connectivity index (χ2n) is 2.37. The van der Waals surface area contributed by atoms with Crippen LogP contribution in [0.15, 0.2) is 17.0 Å². The van der Waals surface area contributed by atoms with E-state index in [9.17, 15) is 4.79 Å². The number of ether oxygens (including phenoxy) is 1. The summed E-state index contributed by atoms with van der Waals surface area (Å²) in [6.07, 6.45) is 4.65. The third-order valence-corrected chi connectivity index (χ3v) is 2.30. The molecule has 0 fully saturated rings. The first-order chi connectivity index (χ1) is 6.15. The van der Waals surface area contributed by atoms with Crippen molar-refractivity contribution in [3.05, 3.63) is 22.7 Å². The van der Waals surface area contributed by atoms with E-state index in [1.807, 2.05) is 7.05 Å². The lowest BCUT2D eigenvalue weighted by Crippen LogP contribution is -1.95. The van der Waals surface area contributed by atoms with E-state index in [4.69, 9.17) is 0 Å². The molecule has 0 bridgehead atoms. The molecule has 0 saturated heterocycles. The Morgan fingerprint density at radius 1 is 1.77 bits per heavy atom. The van der Waals surface area contributed by atoms with Crippen LogP contribution < -0.4 is 0 Å². The lowest BCUT2D eigenvalue weighted by atomic mass is 10.4. The molecular weight excluding hydrogens is 236 g/mol. The molecule has 0 aliphatic heterocycles. The number of rotatable bonds is 2. The molecule has 0 aliphatic rings. The van der Waals surface area contributed by atoms with Gasteiger partial charge in [0.05, 0.1) is 19.0 Å². The third-order valence-electron chi connectivity index (χ3n) is 1.56. The van der Waals surface area contributed by atoms with Gasteiger partial charge in [-0.1, -0.05) is 0 Å². The van der Waals surface area contributed by atoms with Crippen molar-refractivity contribution in [3.63, 3.8) is 0 Å². The monoisotopic (exact) mass is 244 g/mol. The molecule has 0 radical (unpaired) electrons. The summed E-state index contributed by atoms with van der Waals surface area (Å²) in [5.74, 6) is -0.377. The molecule has 70 valence electrons. The van der Waals surface area contributed by atoms with Crippen molar-refractivity contribution >= 4 is 28.0 Å². The van der Waals surface area contributed by atoms with Crippen LogP contribution in [-0.2, 0) is 16.6 Å². The van der Waals surface area contributed by atoms with Crippen molar-refractivity contribution in [1.29, 1.82) is 0 Å². The first-order valence-corrected chi connectivity index (χ1v) is 4.37. The SMILES string of the molecule is COC(=O)/C=C/c1cnc(Br)n1C. The smallest absolute Gasteiger partial charge is 0.330 e. The lowest BCUT2D eigenvalue weighted by Gasteiger charge is -1.95. The Hall–Kier alpha value is -1.10. The summed E-state index contributed by atoms with van der Waals surface area (Å²) in [6.45, 7) is 0. The Morgan fingerprint density at radius 3 is 2.92 bits per heavy atom. The standard InChI is InChI=1S/C8H9BrN2O2/c1-11-6(5-10-8(11)9)3-4-7(12)13-2/h3-5H,1-2H3/b4-3+. The van der Waals surface area contributed by atoms with Crippen molar-refractivity contribution in [2.75, 3.05) is 7.11 Å². The molecule has 0 saturated carbocycles. The average Bonchev–Trinajstić information content (AvgIpc) is 2.44. The maximum absolute atomic E-state index is 10.8. The molecule has 0 spiro atoms. The van der Waals surface area contributed by atoms with Gasteiger partial charge >= 0.3 is 5.97 Å². The molecule has 0 aliphatic carbocycles. The minimum absolute atomic E-state index is 0.377. The van der Waals surface area contributed by atoms with Crippen LogP contribution >= 0.6 is 15.9 Å². The Labute approximate surface area is 84.3 Å². The number of hydrogen-bond donors (Lipinski definition) is 0. The Bertz CT molecular complexity index is 344. The summed E-state index contributed by atoms with van der Waals surface area (Å²) in [5, 5.41) is 0. The van der Waals surface area contributed by atoms with Crippen molar-refractivity contribution in [3.8, 4) is 0 Å². The minimum Gasteiger partial charge on any atom is -0.466 e. The van der Waals surface area contributed by atoms with Crippen LogP contribution in [0.2, 0.25) is 0 Å². The van der Waals surface area contributed by atoms with Crippen LogP contribution in [0.25, 0.3) is 6.08 Å². The van der Waals surface area contributed by atoms with Gasteiger partial charge in [0.25, 0.3) is 0 Å². The van der Waals surface area contributed by atoms with E-state index in [0.29, 0.717) is 0 Å². The van der Waals surface area contributed by atoms with Gasteiger partial charge in [-0.05, 0) is 22.0 Å². The number of halogens is 1. The lowest BCUT2D eigenvalue weighted by molar-refractivity contribution is -0.134. The fourth-order valence-corrected chi connectivity index (χ4v) is 1.08. The van der Waals surface area contributed by atoms with Gasteiger partial charge in [0.2, 0.25) is 0 Å². The first-order valence-electron chi connectivity index (χ1n) is 3.58. The second-order valence-corrected chi connectivity index (χ2v) is 3.08. The highest BCUT2D eigenvalue weighted by Crippen LogP contribution is 2.10. The van der Waals surface area contributed by atoms with Crippen molar-refractivity contribution < 1.29 is 9.53 Å². The molecule has 0 amide bonds. The van der Waals surface area contributed by atoms with E-state index in [1.165, 1.54) is 13.2 Å². The van der Waals surface area contributed by atoms with Gasteiger partial charge in [0.1, 0.15) is 0 Å². The highest BCUT2D eigenvalue weighted by Gasteiger charge is 2.00. The summed E-state index contributed by atoms with van der Waals surface area (Å²) in [5.41, 5.74) is 0.831. The molecule has 5 heteroatoms. The molecule has 0 atom stereocenters. The van der Waals surface area contributed by atoms with Gasteiger partial charge in [-0.15, -0.1) is 0 Å². The predicted octanol–water partition coefficient (Wildman–Crippen LogP) is 1.37. The van der Waals surface area contributed by atoms with Gasteiger partial charge in [0.15, 0.2) is 4.73 Å². The zero-order chi connectivity index (χ0) is 9.84. The largest absolute Gasteiger partial charge is 0.466 e. The Morgan fingerprint density at radius 2 is 2.46 bits per heavy atom. The number of imidazole rings is 1. The molecule has 4 nitrogen and oxygen atoms in total. The van der Waals surface area contributed by atoms with Crippen LogP contribution in [0.4, 0.5) is 0 Å². The summed E-state index contributed by atoms with van der Waals surface area (Å²) in [4.78, 5) is 14.7. The summed E-state index contributed by atoms with van der Waals surface area (Å²) in [6, 6.07) is 0. The average molecular weight is 245 g/mol. The van der Waals surface area contributed by atoms with Gasteiger partial charge in [0, 0.05) is 13.1 Å². The number of aromatic nitrogens is 2. The van der Waals surface area contributed by atoms with Crippen LogP contribution in [-0.4, -0.2) is 22.6 Å². The van der Waals surface area contributed by atoms with E-state index >= 15 is 0 Å². The van der Waals surface area contributed by atoms with Gasteiger partial charge in [-0.2, -0.15) is 0 Å². The fraction of sp³-hybridized carbons (Fsp3) is 0.250. The molecule has 0 aromatic carbocycles. The van der Waals surface area contributed by atoms with Crippen LogP contribution in [0.5, 0.6) is 0 Å². The number of carbonyl (C=O) groups is 1. The highest BCUT2D eigenvalue weighted by molar-refractivity contribution is 9.10. The second kappa shape index (κ2) is 4.23. The first kappa shape index (κ1) is 9.98. The van der Waals surface area contributed by atoms with Gasteiger partial charge < -0.3 is 9.30 Å². The summed E-state index contributed by atoms with van der Waals surface area (Å²) < 4.78 is 6.98. The van der Waals surface area contributed by atoms with Gasteiger partial charge in [-0.25, -0.2) is 9.78 Å².